The molecule has 1 aliphatic rings. The van der Waals surface area contributed by atoms with Gasteiger partial charge in [0.2, 0.25) is 0 Å². The van der Waals surface area contributed by atoms with Crippen molar-refractivity contribution in [3.63, 3.8) is 0 Å². The van der Waals surface area contributed by atoms with Gasteiger partial charge < -0.3 is 19.1 Å². The third-order valence-corrected chi connectivity index (χ3v) is 5.21. The molecule has 1 aliphatic heterocycles. The molecule has 1 amide bonds. The van der Waals surface area contributed by atoms with E-state index in [0.29, 0.717) is 18.8 Å². The summed E-state index contributed by atoms with van der Waals surface area (Å²) in [6, 6.07) is 13.7. The fraction of sp³-hybridized carbons (Fsp3) is 0.435. The molecule has 1 saturated heterocycles. The molecule has 0 bridgehead atoms. The first-order valence-corrected chi connectivity index (χ1v) is 10.0. The van der Waals surface area contributed by atoms with E-state index in [2.05, 4.69) is 17.0 Å². The van der Waals surface area contributed by atoms with E-state index in [4.69, 9.17) is 14.2 Å². The van der Waals surface area contributed by atoms with Crippen molar-refractivity contribution >= 4 is 5.91 Å². The van der Waals surface area contributed by atoms with Crippen LogP contribution in [-0.4, -0.2) is 62.7 Å². The molecule has 0 unspecified atom stereocenters. The summed E-state index contributed by atoms with van der Waals surface area (Å²) in [7, 11) is 3.31. The quantitative estimate of drug-likeness (QED) is 0.684. The summed E-state index contributed by atoms with van der Waals surface area (Å²) in [6.07, 6.45) is 0. The first-order valence-electron chi connectivity index (χ1n) is 10.0. The minimum Gasteiger partial charge on any atom is -0.497 e. The van der Waals surface area contributed by atoms with Gasteiger partial charge in [0.05, 0.1) is 20.8 Å². The highest BCUT2D eigenvalue weighted by Crippen LogP contribution is 2.22. The predicted molar refractivity (Wildman–Crippen MR) is 112 cm³/mol. The van der Waals surface area contributed by atoms with Crippen molar-refractivity contribution in [2.45, 2.75) is 20.1 Å². The number of methoxy groups -OCH3 is 2. The molecule has 1 fully saturated rings. The molecule has 0 N–H and O–H groups in total. The Morgan fingerprint density at radius 1 is 0.966 bits per heavy atom. The first-order chi connectivity index (χ1) is 14.1. The van der Waals surface area contributed by atoms with Crippen molar-refractivity contribution in [1.82, 2.24) is 9.80 Å². The molecule has 0 aromatic heterocycles. The van der Waals surface area contributed by atoms with Gasteiger partial charge in [-0.2, -0.15) is 0 Å². The summed E-state index contributed by atoms with van der Waals surface area (Å²) >= 11 is 0. The number of piperazine rings is 1. The molecule has 29 heavy (non-hydrogen) atoms. The maximum Gasteiger partial charge on any atom is 0.253 e. The second kappa shape index (κ2) is 10.3. The summed E-state index contributed by atoms with van der Waals surface area (Å²) in [5.74, 6) is 1.68. The maximum atomic E-state index is 13.0. The van der Waals surface area contributed by atoms with Crippen molar-refractivity contribution < 1.29 is 19.0 Å². The van der Waals surface area contributed by atoms with Gasteiger partial charge in [-0.1, -0.05) is 12.1 Å². The zero-order chi connectivity index (χ0) is 20.6. The van der Waals surface area contributed by atoms with Crippen LogP contribution >= 0.6 is 0 Å². The van der Waals surface area contributed by atoms with Crippen LogP contribution in [0.2, 0.25) is 0 Å². The summed E-state index contributed by atoms with van der Waals surface area (Å²) in [4.78, 5) is 17.3. The molecule has 0 saturated carbocycles. The van der Waals surface area contributed by atoms with Crippen LogP contribution in [0.4, 0.5) is 0 Å². The van der Waals surface area contributed by atoms with Crippen LogP contribution in [0, 0.1) is 0 Å². The molecule has 0 radical (unpaired) electrons. The molecule has 0 atom stereocenters. The monoisotopic (exact) mass is 398 g/mol. The lowest BCUT2D eigenvalue weighted by Crippen LogP contribution is -2.48. The molecule has 0 aliphatic carbocycles. The number of nitrogens with zero attached hydrogens (tertiary/aromatic N) is 2. The van der Waals surface area contributed by atoms with Gasteiger partial charge in [-0.05, 0) is 42.8 Å². The van der Waals surface area contributed by atoms with E-state index in [0.717, 1.165) is 49.8 Å². The van der Waals surface area contributed by atoms with Crippen molar-refractivity contribution in [2.24, 2.45) is 0 Å². The predicted octanol–water partition coefficient (Wildman–Crippen LogP) is 3.20. The normalized spacial score (nSPS) is 14.7. The average molecular weight is 399 g/mol. The number of carbonyl (C=O) groups excluding carboxylic acids is 1. The van der Waals surface area contributed by atoms with E-state index in [-0.39, 0.29) is 5.91 Å². The van der Waals surface area contributed by atoms with Crippen molar-refractivity contribution in [1.29, 1.82) is 0 Å². The van der Waals surface area contributed by atoms with E-state index >= 15 is 0 Å². The van der Waals surface area contributed by atoms with Crippen LogP contribution in [0.3, 0.4) is 0 Å². The Labute approximate surface area is 173 Å². The summed E-state index contributed by atoms with van der Waals surface area (Å²) in [5, 5.41) is 0. The standard InChI is InChI=1S/C23H30N2O4/c1-4-29-17-20-15-19(7-10-22(20)28-3)23(26)25-13-11-24(12-14-25)16-18-5-8-21(27-2)9-6-18/h5-10,15H,4,11-14,16-17H2,1-3H3. The van der Waals surface area contributed by atoms with Crippen molar-refractivity contribution in [3.8, 4) is 11.5 Å². The molecule has 6 heteroatoms. The Morgan fingerprint density at radius 3 is 2.31 bits per heavy atom. The molecule has 2 aromatic rings. The summed E-state index contributed by atoms with van der Waals surface area (Å²) in [5.41, 5.74) is 2.84. The molecule has 3 rings (SSSR count). The van der Waals surface area contributed by atoms with Crippen molar-refractivity contribution in [2.75, 3.05) is 47.0 Å². The van der Waals surface area contributed by atoms with Gasteiger partial charge in [-0.15, -0.1) is 0 Å². The number of amides is 1. The van der Waals surface area contributed by atoms with Crippen LogP contribution in [0.5, 0.6) is 11.5 Å². The van der Waals surface area contributed by atoms with Gasteiger partial charge in [0.1, 0.15) is 11.5 Å². The SMILES string of the molecule is CCOCc1cc(C(=O)N2CCN(Cc3ccc(OC)cc3)CC2)ccc1OC. The van der Waals surface area contributed by atoms with Crippen LogP contribution < -0.4 is 9.47 Å². The lowest BCUT2D eigenvalue weighted by molar-refractivity contribution is 0.0628. The summed E-state index contributed by atoms with van der Waals surface area (Å²) < 4.78 is 16.1. The molecular formula is C23H30N2O4. The third kappa shape index (κ3) is 5.49. The topological polar surface area (TPSA) is 51.2 Å². The zero-order valence-electron chi connectivity index (χ0n) is 17.5. The van der Waals surface area contributed by atoms with E-state index < -0.39 is 0 Å². The van der Waals surface area contributed by atoms with Crippen LogP contribution in [0.15, 0.2) is 42.5 Å². The lowest BCUT2D eigenvalue weighted by Gasteiger charge is -2.35. The van der Waals surface area contributed by atoms with Gasteiger partial charge >= 0.3 is 0 Å². The minimum atomic E-state index is 0.0644. The van der Waals surface area contributed by atoms with E-state index in [1.165, 1.54) is 5.56 Å². The first kappa shape index (κ1) is 21.1. The largest absolute Gasteiger partial charge is 0.497 e. The van der Waals surface area contributed by atoms with Gasteiger partial charge in [-0.25, -0.2) is 0 Å². The second-order valence-corrected chi connectivity index (χ2v) is 7.08. The molecule has 2 aromatic carbocycles. The Kier molecular flexibility index (Phi) is 7.49. The number of rotatable bonds is 8. The highest BCUT2D eigenvalue weighted by Gasteiger charge is 2.23. The average Bonchev–Trinajstić information content (AvgIpc) is 2.78. The highest BCUT2D eigenvalue weighted by molar-refractivity contribution is 5.94. The number of ether oxygens (including phenoxy) is 3. The highest BCUT2D eigenvalue weighted by atomic mass is 16.5. The smallest absolute Gasteiger partial charge is 0.253 e. The Hall–Kier alpha value is -2.57. The molecule has 1 heterocycles. The van der Waals surface area contributed by atoms with Crippen molar-refractivity contribution in [3.05, 3.63) is 59.2 Å². The fourth-order valence-corrected chi connectivity index (χ4v) is 3.52. The fourth-order valence-electron chi connectivity index (χ4n) is 3.52. The van der Waals surface area contributed by atoms with Gasteiger partial charge in [0, 0.05) is 50.5 Å². The Bertz CT molecular complexity index is 799. The number of hydrogen-bond donors (Lipinski definition) is 0. The molecule has 6 nitrogen and oxygen atoms in total. The minimum absolute atomic E-state index is 0.0644. The number of carbonyl (C=O) groups is 1. The van der Waals surface area contributed by atoms with Gasteiger partial charge in [-0.3, -0.25) is 9.69 Å². The van der Waals surface area contributed by atoms with E-state index in [1.807, 2.05) is 42.2 Å². The summed E-state index contributed by atoms with van der Waals surface area (Å²) in [6.45, 7) is 7.07. The Morgan fingerprint density at radius 2 is 1.69 bits per heavy atom. The molecule has 156 valence electrons. The molecular weight excluding hydrogens is 368 g/mol. The van der Waals surface area contributed by atoms with Crippen LogP contribution in [0.1, 0.15) is 28.4 Å². The molecule has 0 spiro atoms. The number of benzene rings is 2. The zero-order valence-corrected chi connectivity index (χ0v) is 17.5. The Balaban J connectivity index is 1.57. The second-order valence-electron chi connectivity index (χ2n) is 7.08. The number of hydrogen-bond acceptors (Lipinski definition) is 5. The maximum absolute atomic E-state index is 13.0. The van der Waals surface area contributed by atoms with E-state index in [9.17, 15) is 4.79 Å². The van der Waals surface area contributed by atoms with Crippen LogP contribution in [0.25, 0.3) is 0 Å². The van der Waals surface area contributed by atoms with Gasteiger partial charge in [0.15, 0.2) is 0 Å². The third-order valence-electron chi connectivity index (χ3n) is 5.21. The van der Waals surface area contributed by atoms with E-state index in [1.54, 1.807) is 14.2 Å². The van der Waals surface area contributed by atoms with Crippen LogP contribution in [-0.2, 0) is 17.9 Å². The lowest BCUT2D eigenvalue weighted by atomic mass is 10.1. The van der Waals surface area contributed by atoms with Gasteiger partial charge in [0.25, 0.3) is 5.91 Å².